The molecule has 0 spiro atoms. The number of carbonyl (C=O) groups excluding carboxylic acids is 2. The van der Waals surface area contributed by atoms with Crippen LogP contribution in [0.25, 0.3) is 0 Å². The number of nitrogens with zero attached hydrogens (tertiary/aromatic N) is 2. The highest BCUT2D eigenvalue weighted by Gasteiger charge is 2.34. The Balaban J connectivity index is 1.47. The molecule has 0 saturated carbocycles. The van der Waals surface area contributed by atoms with Gasteiger partial charge in [-0.15, -0.1) is 11.8 Å². The first-order valence-electron chi connectivity index (χ1n) is 11.4. The van der Waals surface area contributed by atoms with E-state index in [-0.39, 0.29) is 22.6 Å². The second-order valence-electron chi connectivity index (χ2n) is 9.74. The van der Waals surface area contributed by atoms with E-state index in [1.54, 1.807) is 11.8 Å². The van der Waals surface area contributed by atoms with Crippen molar-refractivity contribution >= 4 is 40.6 Å². The van der Waals surface area contributed by atoms with Gasteiger partial charge in [0.25, 0.3) is 5.91 Å². The van der Waals surface area contributed by atoms with Crippen LogP contribution in [0.3, 0.4) is 0 Å². The van der Waals surface area contributed by atoms with Crippen LogP contribution in [-0.2, 0) is 10.2 Å². The number of anilines is 3. The lowest BCUT2D eigenvalue weighted by Gasteiger charge is -2.25. The lowest BCUT2D eigenvalue weighted by Crippen LogP contribution is -2.27. The molecule has 1 aliphatic rings. The number of amides is 2. The monoisotopic (exact) mass is 473 g/mol. The second-order valence-corrected chi connectivity index (χ2v) is 10.8. The standard InChI is InChI=1S/C28H31N3O2S/c1-28(2,3)21-10-6-19(7-11-21)26(33)29-22-12-8-20(9-13-22)27-31(25(32)18-34-27)24-16-14-23(15-17-24)30(4)5/h6-17,27H,18H2,1-5H3,(H,29,33)/t27-/m0/s1. The molecular formula is C28H31N3O2S. The topological polar surface area (TPSA) is 52.6 Å². The van der Waals surface area contributed by atoms with Gasteiger partial charge in [-0.1, -0.05) is 45.0 Å². The first kappa shape index (κ1) is 23.9. The first-order valence-corrected chi connectivity index (χ1v) is 12.4. The second kappa shape index (κ2) is 9.55. The van der Waals surface area contributed by atoms with Gasteiger partial charge in [-0.2, -0.15) is 0 Å². The van der Waals surface area contributed by atoms with Crippen LogP contribution in [0.15, 0.2) is 72.8 Å². The fourth-order valence-corrected chi connectivity index (χ4v) is 5.09. The smallest absolute Gasteiger partial charge is 0.255 e. The molecule has 1 saturated heterocycles. The molecule has 3 aromatic carbocycles. The van der Waals surface area contributed by atoms with Gasteiger partial charge in [0.05, 0.1) is 5.75 Å². The number of nitrogens with one attached hydrogen (secondary N) is 1. The number of benzene rings is 3. The molecule has 3 aromatic rings. The lowest BCUT2D eigenvalue weighted by atomic mass is 9.87. The van der Waals surface area contributed by atoms with Crippen LogP contribution in [-0.4, -0.2) is 31.7 Å². The Hall–Kier alpha value is -3.25. The van der Waals surface area contributed by atoms with Crippen LogP contribution in [0.1, 0.15) is 47.6 Å². The Morgan fingerprint density at radius 1 is 0.941 bits per heavy atom. The van der Waals surface area contributed by atoms with Crippen LogP contribution in [0.2, 0.25) is 0 Å². The maximum Gasteiger partial charge on any atom is 0.255 e. The third kappa shape index (κ3) is 5.12. The van der Waals surface area contributed by atoms with Gasteiger partial charge in [0.1, 0.15) is 5.37 Å². The molecule has 0 bridgehead atoms. The minimum atomic E-state index is -0.138. The molecule has 0 aromatic heterocycles. The predicted octanol–water partition coefficient (Wildman–Crippen LogP) is 6.08. The van der Waals surface area contributed by atoms with Gasteiger partial charge in [0.15, 0.2) is 0 Å². The van der Waals surface area contributed by atoms with Crippen molar-refractivity contribution in [2.24, 2.45) is 0 Å². The van der Waals surface area contributed by atoms with E-state index >= 15 is 0 Å². The van der Waals surface area contributed by atoms with Crippen molar-refractivity contribution in [3.63, 3.8) is 0 Å². The normalized spacial score (nSPS) is 16.0. The lowest BCUT2D eigenvalue weighted by molar-refractivity contribution is -0.115. The number of hydrogen-bond donors (Lipinski definition) is 1. The number of hydrogen-bond acceptors (Lipinski definition) is 4. The fourth-order valence-electron chi connectivity index (χ4n) is 3.92. The number of carbonyl (C=O) groups is 2. The Morgan fingerprint density at radius 3 is 2.12 bits per heavy atom. The van der Waals surface area contributed by atoms with Gasteiger partial charge in [0, 0.05) is 36.7 Å². The molecule has 1 heterocycles. The molecule has 34 heavy (non-hydrogen) atoms. The zero-order valence-corrected chi connectivity index (χ0v) is 21.1. The Bertz CT molecular complexity index is 1160. The molecule has 0 aliphatic carbocycles. The Kier molecular flexibility index (Phi) is 6.71. The van der Waals surface area contributed by atoms with E-state index < -0.39 is 0 Å². The summed E-state index contributed by atoms with van der Waals surface area (Å²) in [6.45, 7) is 6.46. The molecule has 4 rings (SSSR count). The minimum Gasteiger partial charge on any atom is -0.378 e. The Morgan fingerprint density at radius 2 is 1.56 bits per heavy atom. The largest absolute Gasteiger partial charge is 0.378 e. The van der Waals surface area contributed by atoms with Crippen LogP contribution >= 0.6 is 11.8 Å². The fraction of sp³-hybridized carbons (Fsp3) is 0.286. The van der Waals surface area contributed by atoms with Crippen LogP contribution < -0.4 is 15.1 Å². The molecule has 5 nitrogen and oxygen atoms in total. The van der Waals surface area contributed by atoms with E-state index in [9.17, 15) is 9.59 Å². The summed E-state index contributed by atoms with van der Waals surface area (Å²) in [6, 6.07) is 23.5. The van der Waals surface area contributed by atoms with E-state index in [0.717, 1.165) is 22.6 Å². The molecule has 1 fully saturated rings. The molecule has 1 N–H and O–H groups in total. The highest BCUT2D eigenvalue weighted by atomic mass is 32.2. The van der Waals surface area contributed by atoms with Gasteiger partial charge >= 0.3 is 0 Å². The minimum absolute atomic E-state index is 0.0484. The van der Waals surface area contributed by atoms with Crippen LogP contribution in [0.4, 0.5) is 17.1 Å². The summed E-state index contributed by atoms with van der Waals surface area (Å²) in [7, 11) is 3.99. The zero-order chi connectivity index (χ0) is 24.5. The van der Waals surface area contributed by atoms with Crippen molar-refractivity contribution in [3.8, 4) is 0 Å². The molecular weight excluding hydrogens is 442 g/mol. The van der Waals surface area contributed by atoms with Crippen molar-refractivity contribution in [1.82, 2.24) is 0 Å². The van der Waals surface area contributed by atoms with Gasteiger partial charge in [-0.25, -0.2) is 0 Å². The van der Waals surface area contributed by atoms with Crippen LogP contribution in [0.5, 0.6) is 0 Å². The molecule has 2 amide bonds. The first-order chi connectivity index (χ1) is 16.1. The van der Waals surface area contributed by atoms with Crippen molar-refractivity contribution in [2.75, 3.05) is 35.0 Å². The highest BCUT2D eigenvalue weighted by molar-refractivity contribution is 8.00. The summed E-state index contributed by atoms with van der Waals surface area (Å²) >= 11 is 1.62. The summed E-state index contributed by atoms with van der Waals surface area (Å²) in [5, 5.41) is 2.88. The summed E-state index contributed by atoms with van der Waals surface area (Å²) in [6.07, 6.45) is 0. The van der Waals surface area contributed by atoms with Gasteiger partial charge in [0.2, 0.25) is 5.91 Å². The SMILES string of the molecule is CN(C)c1ccc(N2C(=O)CS[C@H]2c2ccc(NC(=O)c3ccc(C(C)(C)C)cc3)cc2)cc1. The maximum absolute atomic E-state index is 12.7. The van der Waals surface area contributed by atoms with E-state index in [0.29, 0.717) is 11.3 Å². The number of rotatable bonds is 5. The zero-order valence-electron chi connectivity index (χ0n) is 20.3. The van der Waals surface area contributed by atoms with E-state index in [2.05, 4.69) is 26.1 Å². The van der Waals surface area contributed by atoms with Crippen molar-refractivity contribution in [3.05, 3.63) is 89.5 Å². The maximum atomic E-state index is 12.7. The average molecular weight is 474 g/mol. The van der Waals surface area contributed by atoms with Gasteiger partial charge in [-0.05, 0) is 65.1 Å². The highest BCUT2D eigenvalue weighted by Crippen LogP contribution is 2.42. The van der Waals surface area contributed by atoms with Crippen molar-refractivity contribution in [2.45, 2.75) is 31.6 Å². The van der Waals surface area contributed by atoms with Crippen LogP contribution in [0, 0.1) is 0 Å². The summed E-state index contributed by atoms with van der Waals surface area (Å²) in [5.74, 6) is 0.410. The van der Waals surface area contributed by atoms with Gasteiger partial charge in [-0.3, -0.25) is 14.5 Å². The molecule has 1 atom stereocenters. The van der Waals surface area contributed by atoms with Crippen molar-refractivity contribution in [1.29, 1.82) is 0 Å². The van der Waals surface area contributed by atoms with E-state index in [1.807, 2.05) is 96.7 Å². The third-order valence-electron chi connectivity index (χ3n) is 5.98. The third-order valence-corrected chi connectivity index (χ3v) is 7.19. The predicted molar refractivity (Wildman–Crippen MR) is 143 cm³/mol. The summed E-state index contributed by atoms with van der Waals surface area (Å²) in [5.41, 5.74) is 5.60. The molecule has 6 heteroatoms. The molecule has 0 unspecified atom stereocenters. The quantitative estimate of drug-likeness (QED) is 0.488. The van der Waals surface area contributed by atoms with Gasteiger partial charge < -0.3 is 10.2 Å². The summed E-state index contributed by atoms with van der Waals surface area (Å²) < 4.78 is 0. The number of thioether (sulfide) groups is 1. The van der Waals surface area contributed by atoms with E-state index in [1.165, 1.54) is 5.56 Å². The Labute approximate surface area is 206 Å². The summed E-state index contributed by atoms with van der Waals surface area (Å²) in [4.78, 5) is 29.3. The molecule has 0 radical (unpaired) electrons. The molecule has 176 valence electrons. The van der Waals surface area contributed by atoms with Crippen molar-refractivity contribution < 1.29 is 9.59 Å². The average Bonchev–Trinajstić information content (AvgIpc) is 3.20. The molecule has 1 aliphatic heterocycles. The van der Waals surface area contributed by atoms with E-state index in [4.69, 9.17) is 0 Å².